The number of anilines is 1. The smallest absolute Gasteiger partial charge is 0.315 e. The lowest BCUT2D eigenvalue weighted by Gasteiger charge is -2.17. The second kappa shape index (κ2) is 9.30. The Morgan fingerprint density at radius 2 is 1.77 bits per heavy atom. The van der Waals surface area contributed by atoms with Gasteiger partial charge in [-0.1, -0.05) is 25.4 Å². The summed E-state index contributed by atoms with van der Waals surface area (Å²) >= 11 is 5.78. The molecule has 1 atom stereocenters. The normalized spacial score (nSPS) is 11.9. The van der Waals surface area contributed by atoms with Gasteiger partial charge >= 0.3 is 6.03 Å². The van der Waals surface area contributed by atoms with Crippen LogP contribution in [-0.4, -0.2) is 24.5 Å². The number of urea groups is 1. The van der Waals surface area contributed by atoms with Crippen molar-refractivity contribution in [3.05, 3.63) is 29.3 Å². The standard InChI is InChI=1S/C16H24ClN3O2/c1-11(2)12(3)19-16(22)18-10-4-5-15(21)20-14-8-6-13(17)7-9-14/h6-9,11-12H,4-5,10H2,1-3H3,(H,20,21)(H2,18,19,22). The zero-order chi connectivity index (χ0) is 16.5. The Balaban J connectivity index is 2.17. The molecular formula is C16H24ClN3O2. The topological polar surface area (TPSA) is 70.2 Å². The number of benzene rings is 1. The van der Waals surface area contributed by atoms with Crippen molar-refractivity contribution >= 4 is 29.2 Å². The lowest BCUT2D eigenvalue weighted by Crippen LogP contribution is -2.43. The molecule has 1 rings (SSSR count). The first kappa shape index (κ1) is 18.3. The molecule has 1 aromatic carbocycles. The molecule has 0 saturated carbocycles. The van der Waals surface area contributed by atoms with Gasteiger partial charge < -0.3 is 16.0 Å². The van der Waals surface area contributed by atoms with Crippen LogP contribution in [0.5, 0.6) is 0 Å². The zero-order valence-electron chi connectivity index (χ0n) is 13.3. The van der Waals surface area contributed by atoms with Gasteiger partial charge in [-0.25, -0.2) is 4.79 Å². The van der Waals surface area contributed by atoms with Gasteiger partial charge in [0.1, 0.15) is 0 Å². The molecule has 122 valence electrons. The molecule has 0 aliphatic rings. The summed E-state index contributed by atoms with van der Waals surface area (Å²) in [5, 5.41) is 9.00. The van der Waals surface area contributed by atoms with Gasteiger partial charge in [0.05, 0.1) is 0 Å². The van der Waals surface area contributed by atoms with Crippen LogP contribution in [0.2, 0.25) is 5.02 Å². The summed E-state index contributed by atoms with van der Waals surface area (Å²) < 4.78 is 0. The summed E-state index contributed by atoms with van der Waals surface area (Å²) in [6.45, 7) is 6.52. The third-order valence-corrected chi connectivity index (χ3v) is 3.60. The highest BCUT2D eigenvalue weighted by molar-refractivity contribution is 6.30. The van der Waals surface area contributed by atoms with E-state index in [1.54, 1.807) is 24.3 Å². The number of halogens is 1. The minimum absolute atomic E-state index is 0.0833. The first-order chi connectivity index (χ1) is 10.4. The molecule has 0 heterocycles. The van der Waals surface area contributed by atoms with Crippen LogP contribution in [-0.2, 0) is 4.79 Å². The third kappa shape index (κ3) is 7.31. The lowest BCUT2D eigenvalue weighted by molar-refractivity contribution is -0.116. The van der Waals surface area contributed by atoms with E-state index in [1.807, 2.05) is 20.8 Å². The van der Waals surface area contributed by atoms with E-state index in [1.165, 1.54) is 0 Å². The summed E-state index contributed by atoms with van der Waals surface area (Å²) in [6.07, 6.45) is 0.936. The van der Waals surface area contributed by atoms with Crippen molar-refractivity contribution in [1.82, 2.24) is 10.6 Å². The molecule has 0 radical (unpaired) electrons. The zero-order valence-corrected chi connectivity index (χ0v) is 14.0. The molecule has 5 nitrogen and oxygen atoms in total. The van der Waals surface area contributed by atoms with Crippen molar-refractivity contribution in [3.8, 4) is 0 Å². The van der Waals surface area contributed by atoms with Crippen LogP contribution >= 0.6 is 11.6 Å². The molecule has 1 aromatic rings. The molecule has 0 aromatic heterocycles. The molecule has 1 unspecified atom stereocenters. The number of rotatable bonds is 7. The maximum atomic E-state index is 11.7. The summed E-state index contributed by atoms with van der Waals surface area (Å²) in [5.41, 5.74) is 0.714. The van der Waals surface area contributed by atoms with Crippen molar-refractivity contribution in [2.45, 2.75) is 39.7 Å². The Bertz CT molecular complexity index is 489. The van der Waals surface area contributed by atoms with Crippen molar-refractivity contribution in [3.63, 3.8) is 0 Å². The van der Waals surface area contributed by atoms with Gasteiger partial charge in [-0.3, -0.25) is 4.79 Å². The molecule has 0 bridgehead atoms. The predicted molar refractivity (Wildman–Crippen MR) is 90.2 cm³/mol. The predicted octanol–water partition coefficient (Wildman–Crippen LogP) is 3.40. The Kier molecular flexibility index (Phi) is 7.74. The quantitative estimate of drug-likeness (QED) is 0.672. The van der Waals surface area contributed by atoms with Crippen molar-refractivity contribution in [2.24, 2.45) is 5.92 Å². The summed E-state index contributed by atoms with van der Waals surface area (Å²) in [4.78, 5) is 23.3. The van der Waals surface area contributed by atoms with E-state index >= 15 is 0 Å². The SMILES string of the molecule is CC(C)C(C)NC(=O)NCCCC(=O)Nc1ccc(Cl)cc1. The Morgan fingerprint density at radius 3 is 2.36 bits per heavy atom. The summed E-state index contributed by atoms with van der Waals surface area (Å²) in [6, 6.07) is 6.86. The van der Waals surface area contributed by atoms with Crippen molar-refractivity contribution in [1.29, 1.82) is 0 Å². The van der Waals surface area contributed by atoms with Gasteiger partial charge in [-0.2, -0.15) is 0 Å². The van der Waals surface area contributed by atoms with Crippen LogP contribution in [0.25, 0.3) is 0 Å². The van der Waals surface area contributed by atoms with Crippen LogP contribution in [0.3, 0.4) is 0 Å². The van der Waals surface area contributed by atoms with Crippen LogP contribution in [0.1, 0.15) is 33.6 Å². The molecule has 3 N–H and O–H groups in total. The molecule has 22 heavy (non-hydrogen) atoms. The Morgan fingerprint density at radius 1 is 1.14 bits per heavy atom. The first-order valence-electron chi connectivity index (χ1n) is 7.48. The third-order valence-electron chi connectivity index (χ3n) is 3.35. The summed E-state index contributed by atoms with van der Waals surface area (Å²) in [7, 11) is 0. The average molecular weight is 326 g/mol. The fourth-order valence-corrected chi connectivity index (χ4v) is 1.76. The van der Waals surface area contributed by atoms with Crippen LogP contribution < -0.4 is 16.0 Å². The van der Waals surface area contributed by atoms with Gasteiger partial charge in [0.25, 0.3) is 0 Å². The van der Waals surface area contributed by atoms with Gasteiger partial charge in [0.2, 0.25) is 5.91 Å². The second-order valence-corrected chi connectivity index (χ2v) is 6.03. The van der Waals surface area contributed by atoms with Crippen LogP contribution in [0, 0.1) is 5.92 Å². The highest BCUT2D eigenvalue weighted by Crippen LogP contribution is 2.13. The van der Waals surface area contributed by atoms with Gasteiger partial charge in [-0.05, 0) is 43.5 Å². The van der Waals surface area contributed by atoms with Crippen molar-refractivity contribution < 1.29 is 9.59 Å². The monoisotopic (exact) mass is 325 g/mol. The molecule has 3 amide bonds. The number of nitrogens with one attached hydrogen (secondary N) is 3. The number of amides is 3. The number of hydrogen-bond acceptors (Lipinski definition) is 2. The maximum Gasteiger partial charge on any atom is 0.315 e. The lowest BCUT2D eigenvalue weighted by atomic mass is 10.1. The Labute approximate surface area is 136 Å². The van der Waals surface area contributed by atoms with E-state index in [-0.39, 0.29) is 18.0 Å². The van der Waals surface area contributed by atoms with Crippen molar-refractivity contribution in [2.75, 3.05) is 11.9 Å². The van der Waals surface area contributed by atoms with E-state index in [2.05, 4.69) is 16.0 Å². The molecule has 0 aliphatic heterocycles. The van der Waals surface area contributed by atoms with Gasteiger partial charge in [0, 0.05) is 29.7 Å². The number of carbonyl (C=O) groups excluding carboxylic acids is 2. The van der Waals surface area contributed by atoms with Crippen LogP contribution in [0.15, 0.2) is 24.3 Å². The largest absolute Gasteiger partial charge is 0.338 e. The molecule has 0 saturated heterocycles. The first-order valence-corrected chi connectivity index (χ1v) is 7.86. The van der Waals surface area contributed by atoms with Crippen LogP contribution in [0.4, 0.5) is 10.5 Å². The summed E-state index contributed by atoms with van der Waals surface area (Å²) in [5.74, 6) is 0.302. The fourth-order valence-electron chi connectivity index (χ4n) is 1.63. The van der Waals surface area contributed by atoms with Gasteiger partial charge in [0.15, 0.2) is 0 Å². The Hall–Kier alpha value is -1.75. The van der Waals surface area contributed by atoms with E-state index in [4.69, 9.17) is 11.6 Å². The maximum absolute atomic E-state index is 11.7. The average Bonchev–Trinajstić information content (AvgIpc) is 2.46. The van der Waals surface area contributed by atoms with Gasteiger partial charge in [-0.15, -0.1) is 0 Å². The van der Waals surface area contributed by atoms with E-state index in [0.717, 1.165) is 0 Å². The minimum atomic E-state index is -0.195. The number of hydrogen-bond donors (Lipinski definition) is 3. The molecular weight excluding hydrogens is 302 g/mol. The van der Waals surface area contributed by atoms with E-state index in [0.29, 0.717) is 36.0 Å². The molecule has 0 spiro atoms. The highest BCUT2D eigenvalue weighted by atomic mass is 35.5. The van der Waals surface area contributed by atoms with E-state index < -0.39 is 0 Å². The minimum Gasteiger partial charge on any atom is -0.338 e. The second-order valence-electron chi connectivity index (χ2n) is 5.59. The van der Waals surface area contributed by atoms with E-state index in [9.17, 15) is 9.59 Å². The molecule has 0 fully saturated rings. The molecule has 0 aliphatic carbocycles. The highest BCUT2D eigenvalue weighted by Gasteiger charge is 2.10. The molecule has 6 heteroatoms. The fraction of sp³-hybridized carbons (Fsp3) is 0.500. The number of carbonyl (C=O) groups is 2.